The number of halogens is 1. The standard InChI is InChI=1S/C15H9ClN2O2/c16-14-11(2-1-3-13(14)15(19)20)5-7-12-6-4-10(8-17)9-18-12/h1-7,9H,(H,19,20). The maximum absolute atomic E-state index is 11.0. The van der Waals surface area contributed by atoms with Crippen LogP contribution in [0.3, 0.4) is 0 Å². The highest BCUT2D eigenvalue weighted by Crippen LogP contribution is 2.23. The van der Waals surface area contributed by atoms with Gasteiger partial charge < -0.3 is 5.11 Å². The molecular weight excluding hydrogens is 276 g/mol. The number of pyridine rings is 1. The van der Waals surface area contributed by atoms with Crippen molar-refractivity contribution in [1.82, 2.24) is 4.98 Å². The first-order chi connectivity index (χ1) is 9.61. The maximum Gasteiger partial charge on any atom is 0.337 e. The van der Waals surface area contributed by atoms with Crippen LogP contribution in [0.1, 0.15) is 27.2 Å². The van der Waals surface area contributed by atoms with Crippen LogP contribution in [0.4, 0.5) is 0 Å². The molecule has 0 saturated heterocycles. The first-order valence-electron chi connectivity index (χ1n) is 5.68. The molecule has 1 aromatic carbocycles. The number of nitrogens with zero attached hydrogens (tertiary/aromatic N) is 2. The number of carbonyl (C=O) groups is 1. The zero-order chi connectivity index (χ0) is 14.5. The molecule has 1 N–H and O–H groups in total. The van der Waals surface area contributed by atoms with Crippen LogP contribution < -0.4 is 0 Å². The first kappa shape index (κ1) is 13.8. The molecule has 0 unspecified atom stereocenters. The molecule has 0 radical (unpaired) electrons. The van der Waals surface area contributed by atoms with Crippen molar-refractivity contribution < 1.29 is 9.90 Å². The zero-order valence-electron chi connectivity index (χ0n) is 10.2. The third kappa shape index (κ3) is 3.02. The lowest BCUT2D eigenvalue weighted by Gasteiger charge is -2.02. The van der Waals surface area contributed by atoms with E-state index in [9.17, 15) is 4.79 Å². The van der Waals surface area contributed by atoms with Gasteiger partial charge >= 0.3 is 5.97 Å². The first-order valence-corrected chi connectivity index (χ1v) is 6.05. The molecule has 1 heterocycles. The molecule has 0 amide bonds. The smallest absolute Gasteiger partial charge is 0.337 e. The summed E-state index contributed by atoms with van der Waals surface area (Å²) in [6.07, 6.45) is 4.85. The highest BCUT2D eigenvalue weighted by Gasteiger charge is 2.10. The maximum atomic E-state index is 11.0. The predicted octanol–water partition coefficient (Wildman–Crippen LogP) is 3.48. The minimum absolute atomic E-state index is 0.0570. The second-order valence-corrected chi connectivity index (χ2v) is 4.31. The Morgan fingerprint density at radius 3 is 2.70 bits per heavy atom. The van der Waals surface area contributed by atoms with Gasteiger partial charge in [-0.2, -0.15) is 5.26 Å². The summed E-state index contributed by atoms with van der Waals surface area (Å²) < 4.78 is 0. The van der Waals surface area contributed by atoms with E-state index in [0.717, 1.165) is 0 Å². The Bertz CT molecular complexity index is 716. The van der Waals surface area contributed by atoms with Crippen LogP contribution in [0.5, 0.6) is 0 Å². The van der Waals surface area contributed by atoms with E-state index in [4.69, 9.17) is 22.0 Å². The van der Waals surface area contributed by atoms with Gasteiger partial charge in [-0.1, -0.05) is 29.8 Å². The van der Waals surface area contributed by atoms with E-state index in [1.165, 1.54) is 12.3 Å². The molecule has 2 aromatic rings. The molecule has 0 bridgehead atoms. The summed E-state index contributed by atoms with van der Waals surface area (Å²) in [6.45, 7) is 0. The number of carboxylic acid groups (broad SMARTS) is 1. The zero-order valence-corrected chi connectivity index (χ0v) is 11.0. The fraction of sp³-hybridized carbons (Fsp3) is 0. The monoisotopic (exact) mass is 284 g/mol. The Morgan fingerprint density at radius 1 is 1.30 bits per heavy atom. The molecule has 0 aliphatic carbocycles. The lowest BCUT2D eigenvalue weighted by atomic mass is 10.1. The second-order valence-electron chi connectivity index (χ2n) is 3.93. The van der Waals surface area contributed by atoms with Crippen LogP contribution in [0.15, 0.2) is 36.5 Å². The van der Waals surface area contributed by atoms with Gasteiger partial charge in [0.15, 0.2) is 0 Å². The lowest BCUT2D eigenvalue weighted by molar-refractivity contribution is 0.0697. The number of nitriles is 1. The van der Waals surface area contributed by atoms with Crippen molar-refractivity contribution in [3.05, 3.63) is 63.9 Å². The molecule has 0 fully saturated rings. The van der Waals surface area contributed by atoms with Crippen molar-refractivity contribution >= 4 is 29.7 Å². The van der Waals surface area contributed by atoms with Gasteiger partial charge in [0.05, 0.1) is 21.8 Å². The molecule has 1 aromatic heterocycles. The summed E-state index contributed by atoms with van der Waals surface area (Å²) in [7, 11) is 0. The van der Waals surface area contributed by atoms with E-state index in [-0.39, 0.29) is 10.6 Å². The summed E-state index contributed by atoms with van der Waals surface area (Å²) >= 11 is 6.02. The van der Waals surface area contributed by atoms with Crippen molar-refractivity contribution in [2.24, 2.45) is 0 Å². The number of benzene rings is 1. The normalized spacial score (nSPS) is 10.4. The van der Waals surface area contributed by atoms with Crippen LogP contribution in [-0.4, -0.2) is 16.1 Å². The third-order valence-electron chi connectivity index (χ3n) is 2.61. The number of aromatic nitrogens is 1. The third-order valence-corrected chi connectivity index (χ3v) is 3.03. The van der Waals surface area contributed by atoms with Crippen molar-refractivity contribution in [3.63, 3.8) is 0 Å². The number of hydrogen-bond acceptors (Lipinski definition) is 3. The highest BCUT2D eigenvalue weighted by atomic mass is 35.5. The van der Waals surface area contributed by atoms with Gasteiger partial charge in [0, 0.05) is 6.20 Å². The van der Waals surface area contributed by atoms with Gasteiger partial charge in [-0.25, -0.2) is 4.79 Å². The van der Waals surface area contributed by atoms with E-state index >= 15 is 0 Å². The van der Waals surface area contributed by atoms with Gasteiger partial charge in [0.25, 0.3) is 0 Å². The van der Waals surface area contributed by atoms with E-state index in [1.807, 2.05) is 6.07 Å². The lowest BCUT2D eigenvalue weighted by Crippen LogP contribution is -1.97. The number of hydrogen-bond donors (Lipinski definition) is 1. The fourth-order valence-electron chi connectivity index (χ4n) is 1.59. The minimum atomic E-state index is -1.07. The molecule has 5 heteroatoms. The van der Waals surface area contributed by atoms with E-state index in [1.54, 1.807) is 36.4 Å². The molecular formula is C15H9ClN2O2. The Hall–Kier alpha value is -2.64. The van der Waals surface area contributed by atoms with Crippen molar-refractivity contribution in [2.45, 2.75) is 0 Å². The minimum Gasteiger partial charge on any atom is -0.478 e. The average Bonchev–Trinajstić information content (AvgIpc) is 2.46. The fourth-order valence-corrected chi connectivity index (χ4v) is 1.86. The van der Waals surface area contributed by atoms with Gasteiger partial charge in [-0.05, 0) is 29.8 Å². The van der Waals surface area contributed by atoms with E-state index in [2.05, 4.69) is 4.98 Å². The summed E-state index contributed by atoms with van der Waals surface area (Å²) in [5.41, 5.74) is 1.79. The van der Waals surface area contributed by atoms with Crippen molar-refractivity contribution in [3.8, 4) is 6.07 Å². The van der Waals surface area contributed by atoms with E-state index in [0.29, 0.717) is 16.8 Å². The molecule has 0 atom stereocenters. The number of carboxylic acids is 1. The molecule has 2 rings (SSSR count). The molecule has 0 spiro atoms. The average molecular weight is 285 g/mol. The quantitative estimate of drug-likeness (QED) is 0.936. The molecule has 4 nitrogen and oxygen atoms in total. The predicted molar refractivity (Wildman–Crippen MR) is 76.3 cm³/mol. The van der Waals surface area contributed by atoms with Gasteiger partial charge in [0.1, 0.15) is 6.07 Å². The Balaban J connectivity index is 2.29. The second kappa shape index (κ2) is 6.00. The topological polar surface area (TPSA) is 74.0 Å². The number of rotatable bonds is 3. The SMILES string of the molecule is N#Cc1ccc(C=Cc2cccc(C(=O)O)c2Cl)nc1. The summed E-state index contributed by atoms with van der Waals surface area (Å²) in [4.78, 5) is 15.1. The largest absolute Gasteiger partial charge is 0.478 e. The van der Waals surface area contributed by atoms with Crippen LogP contribution in [0, 0.1) is 11.3 Å². The van der Waals surface area contributed by atoms with Crippen molar-refractivity contribution in [1.29, 1.82) is 5.26 Å². The Morgan fingerprint density at radius 2 is 2.10 bits per heavy atom. The van der Waals surface area contributed by atoms with E-state index < -0.39 is 5.97 Å². The summed E-state index contributed by atoms with van der Waals surface area (Å²) in [5, 5.41) is 17.8. The molecule has 20 heavy (non-hydrogen) atoms. The van der Waals surface area contributed by atoms with Crippen molar-refractivity contribution in [2.75, 3.05) is 0 Å². The summed E-state index contributed by atoms with van der Waals surface area (Å²) in [5.74, 6) is -1.07. The van der Waals surface area contributed by atoms with Crippen LogP contribution in [0.2, 0.25) is 5.02 Å². The van der Waals surface area contributed by atoms with Crippen LogP contribution in [-0.2, 0) is 0 Å². The molecule has 98 valence electrons. The van der Waals surface area contributed by atoms with Gasteiger partial charge in [-0.3, -0.25) is 4.98 Å². The van der Waals surface area contributed by atoms with Gasteiger partial charge in [0.2, 0.25) is 0 Å². The number of aromatic carboxylic acids is 1. The Kier molecular flexibility index (Phi) is 4.14. The molecule has 0 aliphatic rings. The molecule has 0 saturated carbocycles. The van der Waals surface area contributed by atoms with Crippen LogP contribution >= 0.6 is 11.6 Å². The molecule has 0 aliphatic heterocycles. The highest BCUT2D eigenvalue weighted by molar-refractivity contribution is 6.35. The summed E-state index contributed by atoms with van der Waals surface area (Å²) in [6, 6.07) is 10.1. The van der Waals surface area contributed by atoms with Crippen LogP contribution in [0.25, 0.3) is 12.2 Å². The van der Waals surface area contributed by atoms with Gasteiger partial charge in [-0.15, -0.1) is 0 Å². The Labute approximate surface area is 120 Å².